The highest BCUT2D eigenvalue weighted by molar-refractivity contribution is 5.93. The van der Waals surface area contributed by atoms with Gasteiger partial charge in [-0.25, -0.2) is 4.79 Å². The van der Waals surface area contributed by atoms with Crippen LogP contribution < -0.4 is 9.47 Å². The van der Waals surface area contributed by atoms with Gasteiger partial charge in [-0.2, -0.15) is 0 Å². The van der Waals surface area contributed by atoms with Gasteiger partial charge in [0.25, 0.3) is 5.91 Å². The smallest absolute Gasteiger partial charge is 0.328 e. The molecule has 1 amide bonds. The molecule has 0 bridgehead atoms. The van der Waals surface area contributed by atoms with Crippen molar-refractivity contribution in [2.75, 3.05) is 14.2 Å². The standard InChI is InChI=1S/C22H25NO5/c1-14(2)18(22(25)27-4)23-19(15-10-12-16(26-3)13-11-15)20(21(23)24)28-17-8-6-5-7-9-17/h5-14,18-20H,1-4H3/t18-,19-,20+/m0/s1. The lowest BCUT2D eigenvalue weighted by atomic mass is 9.85. The number of ether oxygens (including phenoxy) is 3. The van der Waals surface area contributed by atoms with E-state index in [2.05, 4.69) is 0 Å². The number of carbonyl (C=O) groups is 2. The Morgan fingerprint density at radius 3 is 2.14 bits per heavy atom. The topological polar surface area (TPSA) is 65.1 Å². The third kappa shape index (κ3) is 3.67. The first kappa shape index (κ1) is 19.7. The van der Waals surface area contributed by atoms with Gasteiger partial charge in [0.1, 0.15) is 23.6 Å². The molecule has 0 unspecified atom stereocenters. The molecule has 1 heterocycles. The molecule has 1 aliphatic rings. The summed E-state index contributed by atoms with van der Waals surface area (Å²) in [4.78, 5) is 27.0. The van der Waals surface area contributed by atoms with E-state index in [-0.39, 0.29) is 11.8 Å². The summed E-state index contributed by atoms with van der Waals surface area (Å²) < 4.78 is 16.2. The highest BCUT2D eigenvalue weighted by atomic mass is 16.5. The molecule has 2 aromatic rings. The van der Waals surface area contributed by atoms with E-state index in [9.17, 15) is 9.59 Å². The lowest BCUT2D eigenvalue weighted by Crippen LogP contribution is -2.67. The first-order valence-corrected chi connectivity index (χ1v) is 9.23. The normalized spacial score (nSPS) is 19.8. The predicted molar refractivity (Wildman–Crippen MR) is 104 cm³/mol. The zero-order chi connectivity index (χ0) is 20.3. The molecule has 6 nitrogen and oxygen atoms in total. The number of methoxy groups -OCH3 is 2. The number of benzene rings is 2. The summed E-state index contributed by atoms with van der Waals surface area (Å²) >= 11 is 0. The van der Waals surface area contributed by atoms with Crippen molar-refractivity contribution in [2.45, 2.75) is 32.0 Å². The van der Waals surface area contributed by atoms with Crippen LogP contribution in [0, 0.1) is 5.92 Å². The number of hydrogen-bond donors (Lipinski definition) is 0. The summed E-state index contributed by atoms with van der Waals surface area (Å²) in [7, 11) is 2.93. The third-order valence-corrected chi connectivity index (χ3v) is 4.92. The molecular weight excluding hydrogens is 358 g/mol. The van der Waals surface area contributed by atoms with Crippen molar-refractivity contribution in [2.24, 2.45) is 5.92 Å². The second-order valence-corrected chi connectivity index (χ2v) is 7.03. The number of likely N-dealkylation sites (tertiary alicyclic amines) is 1. The summed E-state index contributed by atoms with van der Waals surface area (Å²) in [6, 6.07) is 15.6. The zero-order valence-electron chi connectivity index (χ0n) is 16.5. The Morgan fingerprint density at radius 1 is 0.964 bits per heavy atom. The Hall–Kier alpha value is -3.02. The minimum Gasteiger partial charge on any atom is -0.497 e. The van der Waals surface area contributed by atoms with Crippen LogP contribution in [0.5, 0.6) is 11.5 Å². The fourth-order valence-corrected chi connectivity index (χ4v) is 3.52. The molecule has 0 radical (unpaired) electrons. The van der Waals surface area contributed by atoms with Crippen molar-refractivity contribution >= 4 is 11.9 Å². The molecule has 0 aromatic heterocycles. The van der Waals surface area contributed by atoms with Gasteiger partial charge in [-0.05, 0) is 35.7 Å². The van der Waals surface area contributed by atoms with Crippen LogP contribution in [0.15, 0.2) is 54.6 Å². The van der Waals surface area contributed by atoms with E-state index in [4.69, 9.17) is 14.2 Å². The number of esters is 1. The van der Waals surface area contributed by atoms with Crippen LogP contribution >= 0.6 is 0 Å². The van der Waals surface area contributed by atoms with Crippen molar-refractivity contribution in [1.82, 2.24) is 4.90 Å². The largest absolute Gasteiger partial charge is 0.497 e. The Morgan fingerprint density at radius 2 is 1.61 bits per heavy atom. The molecular formula is C22H25NO5. The number of carbonyl (C=O) groups excluding carboxylic acids is 2. The molecule has 0 saturated carbocycles. The van der Waals surface area contributed by atoms with Gasteiger partial charge in [-0.15, -0.1) is 0 Å². The monoisotopic (exact) mass is 383 g/mol. The molecule has 0 N–H and O–H groups in total. The van der Waals surface area contributed by atoms with Gasteiger partial charge in [0, 0.05) is 0 Å². The first-order valence-electron chi connectivity index (χ1n) is 9.23. The van der Waals surface area contributed by atoms with Crippen LogP contribution in [0.25, 0.3) is 0 Å². The van der Waals surface area contributed by atoms with Crippen LogP contribution in [0.1, 0.15) is 25.5 Å². The van der Waals surface area contributed by atoms with Crippen LogP contribution in [0.3, 0.4) is 0 Å². The molecule has 6 heteroatoms. The van der Waals surface area contributed by atoms with Gasteiger partial charge in [0.15, 0.2) is 0 Å². The highest BCUT2D eigenvalue weighted by Gasteiger charge is 2.55. The summed E-state index contributed by atoms with van der Waals surface area (Å²) in [6.07, 6.45) is -0.707. The van der Waals surface area contributed by atoms with Gasteiger partial charge in [0.2, 0.25) is 6.10 Å². The Bertz CT molecular complexity index is 819. The molecule has 28 heavy (non-hydrogen) atoms. The summed E-state index contributed by atoms with van der Waals surface area (Å²) in [5.41, 5.74) is 0.871. The van der Waals surface area contributed by atoms with Gasteiger partial charge in [-0.1, -0.05) is 44.2 Å². The van der Waals surface area contributed by atoms with Gasteiger partial charge < -0.3 is 19.1 Å². The van der Waals surface area contributed by atoms with E-state index in [1.807, 2.05) is 56.3 Å². The summed E-state index contributed by atoms with van der Waals surface area (Å²) in [6.45, 7) is 3.79. The van der Waals surface area contributed by atoms with Crippen LogP contribution in [-0.2, 0) is 14.3 Å². The van der Waals surface area contributed by atoms with Crippen molar-refractivity contribution in [3.8, 4) is 11.5 Å². The van der Waals surface area contributed by atoms with Crippen LogP contribution in [0.4, 0.5) is 0 Å². The average Bonchev–Trinajstić information content (AvgIpc) is 2.72. The number of hydrogen-bond acceptors (Lipinski definition) is 5. The van der Waals surface area contributed by atoms with Gasteiger partial charge >= 0.3 is 5.97 Å². The molecule has 0 aliphatic carbocycles. The van der Waals surface area contributed by atoms with Gasteiger partial charge in [-0.3, -0.25) is 4.79 Å². The lowest BCUT2D eigenvalue weighted by molar-refractivity contribution is -0.180. The lowest BCUT2D eigenvalue weighted by Gasteiger charge is -2.50. The first-order chi connectivity index (χ1) is 13.5. The maximum Gasteiger partial charge on any atom is 0.328 e. The van der Waals surface area contributed by atoms with Crippen LogP contribution in [0.2, 0.25) is 0 Å². The van der Waals surface area contributed by atoms with Crippen molar-refractivity contribution < 1.29 is 23.8 Å². The minimum absolute atomic E-state index is 0.102. The molecule has 2 aromatic carbocycles. The zero-order valence-corrected chi connectivity index (χ0v) is 16.5. The molecule has 148 valence electrons. The van der Waals surface area contributed by atoms with E-state index in [0.717, 1.165) is 11.3 Å². The van der Waals surface area contributed by atoms with E-state index in [1.165, 1.54) is 7.11 Å². The second-order valence-electron chi connectivity index (χ2n) is 7.03. The number of para-hydroxylation sites is 1. The van der Waals surface area contributed by atoms with E-state index in [1.54, 1.807) is 24.1 Å². The summed E-state index contributed by atoms with van der Waals surface area (Å²) in [5, 5.41) is 0. The molecule has 3 rings (SSSR count). The summed E-state index contributed by atoms with van der Waals surface area (Å²) in [5.74, 6) is 0.566. The molecule has 3 atom stereocenters. The predicted octanol–water partition coefficient (Wildman–Crippen LogP) is 3.22. The van der Waals surface area contributed by atoms with E-state index >= 15 is 0 Å². The molecule has 1 saturated heterocycles. The minimum atomic E-state index is -0.707. The number of amides is 1. The van der Waals surface area contributed by atoms with Crippen LogP contribution in [-0.4, -0.2) is 43.1 Å². The number of rotatable bonds is 7. The Labute approximate surface area is 165 Å². The highest BCUT2D eigenvalue weighted by Crippen LogP contribution is 2.41. The van der Waals surface area contributed by atoms with Crippen molar-refractivity contribution in [3.63, 3.8) is 0 Å². The fourth-order valence-electron chi connectivity index (χ4n) is 3.52. The fraction of sp³-hybridized carbons (Fsp3) is 0.364. The Kier molecular flexibility index (Phi) is 5.87. The van der Waals surface area contributed by atoms with E-state index in [0.29, 0.717) is 5.75 Å². The molecule has 1 fully saturated rings. The maximum atomic E-state index is 13.0. The van der Waals surface area contributed by atoms with Gasteiger partial charge in [0.05, 0.1) is 14.2 Å². The molecule has 0 spiro atoms. The second kappa shape index (κ2) is 8.33. The molecule has 1 aliphatic heterocycles. The number of nitrogens with zero attached hydrogens (tertiary/aromatic N) is 1. The Balaban J connectivity index is 1.96. The van der Waals surface area contributed by atoms with E-state index < -0.39 is 24.2 Å². The quantitative estimate of drug-likeness (QED) is 0.543. The third-order valence-electron chi connectivity index (χ3n) is 4.92. The maximum absolute atomic E-state index is 13.0. The van der Waals surface area contributed by atoms with Crippen molar-refractivity contribution in [1.29, 1.82) is 0 Å². The van der Waals surface area contributed by atoms with Crippen molar-refractivity contribution in [3.05, 3.63) is 60.2 Å². The average molecular weight is 383 g/mol. The SMILES string of the molecule is COC(=O)[C@H](C(C)C)N1C(=O)[C@H](Oc2ccccc2)[C@@H]1c1ccc(OC)cc1. The number of β-lactam (4-membered cyclic amide) rings is 1.